The lowest BCUT2D eigenvalue weighted by Crippen LogP contribution is -2.25. The SMILES string of the molecule is C#CCOC(=O)NCCCCCO. The molecule has 0 spiro atoms. The minimum atomic E-state index is -0.484. The van der Waals surface area contributed by atoms with Crippen LogP contribution in [0.25, 0.3) is 0 Å². The molecule has 0 saturated carbocycles. The molecule has 4 nitrogen and oxygen atoms in total. The molecule has 0 fully saturated rings. The van der Waals surface area contributed by atoms with Crippen molar-refractivity contribution < 1.29 is 14.6 Å². The molecule has 1 amide bonds. The Morgan fingerprint density at radius 1 is 1.46 bits per heavy atom. The van der Waals surface area contributed by atoms with E-state index in [0.717, 1.165) is 19.3 Å². The van der Waals surface area contributed by atoms with Gasteiger partial charge in [0.2, 0.25) is 0 Å². The van der Waals surface area contributed by atoms with Crippen LogP contribution >= 0.6 is 0 Å². The highest BCUT2D eigenvalue weighted by Crippen LogP contribution is 1.91. The monoisotopic (exact) mass is 185 g/mol. The molecule has 0 heterocycles. The Bertz CT molecular complexity index is 174. The molecule has 0 saturated heterocycles. The van der Waals surface area contributed by atoms with Gasteiger partial charge in [-0.2, -0.15) is 0 Å². The fourth-order valence-corrected chi connectivity index (χ4v) is 0.762. The van der Waals surface area contributed by atoms with Gasteiger partial charge in [0.1, 0.15) is 0 Å². The van der Waals surface area contributed by atoms with Gasteiger partial charge in [0.15, 0.2) is 6.61 Å². The Kier molecular flexibility index (Phi) is 8.06. The molecule has 0 aliphatic carbocycles. The molecule has 0 atom stereocenters. The number of alkyl carbamates (subject to hydrolysis) is 1. The summed E-state index contributed by atoms with van der Waals surface area (Å²) >= 11 is 0. The van der Waals surface area contributed by atoms with Crippen LogP contribution in [0.5, 0.6) is 0 Å². The van der Waals surface area contributed by atoms with Gasteiger partial charge in [0.25, 0.3) is 0 Å². The number of rotatable bonds is 6. The van der Waals surface area contributed by atoms with Gasteiger partial charge in [-0.1, -0.05) is 5.92 Å². The highest BCUT2D eigenvalue weighted by Gasteiger charge is 1.97. The van der Waals surface area contributed by atoms with E-state index in [1.54, 1.807) is 0 Å². The lowest BCUT2D eigenvalue weighted by atomic mass is 10.2. The van der Waals surface area contributed by atoms with Crippen molar-refractivity contribution in [3.63, 3.8) is 0 Å². The zero-order valence-corrected chi connectivity index (χ0v) is 7.58. The van der Waals surface area contributed by atoms with Crippen molar-refractivity contribution in [1.82, 2.24) is 5.32 Å². The summed E-state index contributed by atoms with van der Waals surface area (Å²) in [6.45, 7) is 0.757. The van der Waals surface area contributed by atoms with Crippen LogP contribution in [-0.2, 0) is 4.74 Å². The maximum absolute atomic E-state index is 10.8. The number of hydrogen-bond acceptors (Lipinski definition) is 3. The van der Waals surface area contributed by atoms with Crippen molar-refractivity contribution in [2.75, 3.05) is 19.8 Å². The minimum Gasteiger partial charge on any atom is -0.436 e. The lowest BCUT2D eigenvalue weighted by Gasteiger charge is -2.03. The molecule has 0 unspecified atom stereocenters. The fourth-order valence-electron chi connectivity index (χ4n) is 0.762. The number of amides is 1. The van der Waals surface area contributed by atoms with Crippen molar-refractivity contribution in [3.8, 4) is 12.3 Å². The highest BCUT2D eigenvalue weighted by atomic mass is 16.5. The van der Waals surface area contributed by atoms with E-state index in [2.05, 4.69) is 16.0 Å². The quantitative estimate of drug-likeness (QED) is 0.468. The average molecular weight is 185 g/mol. The maximum atomic E-state index is 10.8. The predicted octanol–water partition coefficient (Wildman–Crippen LogP) is 0.508. The van der Waals surface area contributed by atoms with E-state index in [1.165, 1.54) is 0 Å². The number of carbonyl (C=O) groups excluding carboxylic acids is 1. The summed E-state index contributed by atoms with van der Waals surface area (Å²) in [7, 11) is 0. The molecule has 0 bridgehead atoms. The van der Waals surface area contributed by atoms with E-state index in [4.69, 9.17) is 11.5 Å². The normalized spacial score (nSPS) is 8.92. The van der Waals surface area contributed by atoms with Crippen LogP contribution in [0.1, 0.15) is 19.3 Å². The summed E-state index contributed by atoms with van der Waals surface area (Å²) in [5, 5.41) is 11.0. The second-order valence-corrected chi connectivity index (χ2v) is 2.49. The first-order chi connectivity index (χ1) is 6.31. The standard InChI is InChI=1S/C9H15NO3/c1-2-8-13-9(12)10-6-4-3-5-7-11/h1,11H,3-8H2,(H,10,12). The van der Waals surface area contributed by atoms with Crippen molar-refractivity contribution in [2.45, 2.75) is 19.3 Å². The second kappa shape index (κ2) is 8.88. The molecule has 0 aliphatic heterocycles. The first-order valence-electron chi connectivity index (χ1n) is 4.26. The van der Waals surface area contributed by atoms with Gasteiger partial charge in [-0.05, 0) is 19.3 Å². The van der Waals surface area contributed by atoms with Crippen molar-refractivity contribution in [2.24, 2.45) is 0 Å². The molecular formula is C9H15NO3. The Hall–Kier alpha value is -1.21. The Morgan fingerprint density at radius 2 is 2.23 bits per heavy atom. The van der Waals surface area contributed by atoms with Crippen LogP contribution < -0.4 is 5.32 Å². The molecule has 0 radical (unpaired) electrons. The lowest BCUT2D eigenvalue weighted by molar-refractivity contribution is 0.160. The third-order valence-corrected chi connectivity index (χ3v) is 1.39. The molecule has 0 aromatic rings. The van der Waals surface area contributed by atoms with Gasteiger partial charge in [-0.3, -0.25) is 0 Å². The van der Waals surface area contributed by atoms with Crippen LogP contribution in [0.15, 0.2) is 0 Å². The predicted molar refractivity (Wildman–Crippen MR) is 49.1 cm³/mol. The number of terminal acetylenes is 1. The van der Waals surface area contributed by atoms with Gasteiger partial charge in [-0.25, -0.2) is 4.79 Å². The Morgan fingerprint density at radius 3 is 2.85 bits per heavy atom. The number of carbonyl (C=O) groups is 1. The van der Waals surface area contributed by atoms with Gasteiger partial charge >= 0.3 is 6.09 Å². The molecule has 0 rings (SSSR count). The molecule has 0 aromatic carbocycles. The number of nitrogens with one attached hydrogen (secondary N) is 1. The topological polar surface area (TPSA) is 58.6 Å². The van der Waals surface area contributed by atoms with Gasteiger partial charge in [0.05, 0.1) is 0 Å². The van der Waals surface area contributed by atoms with E-state index in [0.29, 0.717) is 6.54 Å². The maximum Gasteiger partial charge on any atom is 0.408 e. The fraction of sp³-hybridized carbons (Fsp3) is 0.667. The summed E-state index contributed by atoms with van der Waals surface area (Å²) in [5.41, 5.74) is 0. The van der Waals surface area contributed by atoms with E-state index in [9.17, 15) is 4.79 Å². The average Bonchev–Trinajstić information content (AvgIpc) is 2.14. The third-order valence-electron chi connectivity index (χ3n) is 1.39. The molecular weight excluding hydrogens is 170 g/mol. The number of aliphatic hydroxyl groups is 1. The molecule has 0 aromatic heterocycles. The summed E-state index contributed by atoms with van der Waals surface area (Å²) < 4.78 is 4.56. The summed E-state index contributed by atoms with van der Waals surface area (Å²) in [4.78, 5) is 10.8. The zero-order valence-electron chi connectivity index (χ0n) is 7.58. The molecule has 2 N–H and O–H groups in total. The van der Waals surface area contributed by atoms with Crippen LogP contribution in [0.2, 0.25) is 0 Å². The van der Waals surface area contributed by atoms with Crippen LogP contribution in [0.4, 0.5) is 4.79 Å². The highest BCUT2D eigenvalue weighted by molar-refractivity contribution is 5.67. The number of unbranched alkanes of at least 4 members (excludes halogenated alkanes) is 2. The van der Waals surface area contributed by atoms with E-state index < -0.39 is 6.09 Å². The van der Waals surface area contributed by atoms with Crippen LogP contribution in [-0.4, -0.2) is 31.0 Å². The van der Waals surface area contributed by atoms with E-state index >= 15 is 0 Å². The summed E-state index contributed by atoms with van der Waals surface area (Å²) in [5.74, 6) is 2.19. The van der Waals surface area contributed by atoms with E-state index in [1.807, 2.05) is 0 Å². The van der Waals surface area contributed by atoms with Gasteiger partial charge in [0, 0.05) is 13.2 Å². The van der Waals surface area contributed by atoms with Crippen molar-refractivity contribution in [1.29, 1.82) is 0 Å². The zero-order chi connectivity index (χ0) is 9.94. The third kappa shape index (κ3) is 8.70. The van der Waals surface area contributed by atoms with Gasteiger partial charge < -0.3 is 15.2 Å². The molecule has 13 heavy (non-hydrogen) atoms. The largest absolute Gasteiger partial charge is 0.436 e. The second-order valence-electron chi connectivity index (χ2n) is 2.49. The van der Waals surface area contributed by atoms with Crippen LogP contribution in [0, 0.1) is 12.3 Å². The van der Waals surface area contributed by atoms with E-state index in [-0.39, 0.29) is 13.2 Å². The molecule has 0 aliphatic rings. The Labute approximate surface area is 78.3 Å². The Balaban J connectivity index is 3.13. The minimum absolute atomic E-state index is 0.00245. The number of hydrogen-bond donors (Lipinski definition) is 2. The number of ether oxygens (including phenoxy) is 1. The summed E-state index contributed by atoms with van der Waals surface area (Å²) in [6, 6.07) is 0. The molecule has 74 valence electrons. The van der Waals surface area contributed by atoms with Gasteiger partial charge in [-0.15, -0.1) is 6.42 Å². The van der Waals surface area contributed by atoms with Crippen LogP contribution in [0.3, 0.4) is 0 Å². The van der Waals surface area contributed by atoms with Crippen molar-refractivity contribution >= 4 is 6.09 Å². The van der Waals surface area contributed by atoms with Crippen molar-refractivity contribution in [3.05, 3.63) is 0 Å². The first-order valence-corrected chi connectivity index (χ1v) is 4.26. The summed E-state index contributed by atoms with van der Waals surface area (Å²) in [6.07, 6.45) is 6.90. The smallest absolute Gasteiger partial charge is 0.408 e. The first kappa shape index (κ1) is 11.8. The number of aliphatic hydroxyl groups excluding tert-OH is 1. The molecule has 4 heteroatoms.